The van der Waals surface area contributed by atoms with Crippen LogP contribution in [0.3, 0.4) is 0 Å². The molecule has 5 nitrogen and oxygen atoms in total. The highest BCUT2D eigenvalue weighted by molar-refractivity contribution is 5.32. The van der Waals surface area contributed by atoms with E-state index >= 15 is 0 Å². The number of ether oxygens (including phenoxy) is 1. The topological polar surface area (TPSA) is 52.0 Å². The minimum Gasteiger partial charge on any atom is -0.495 e. The molecule has 0 bridgehead atoms. The Morgan fingerprint density at radius 2 is 2.26 bits per heavy atom. The Balaban J connectivity index is 2.10. The number of hydrogen-bond donors (Lipinski definition) is 1. The highest BCUT2D eigenvalue weighted by Crippen LogP contribution is 2.26. The molecule has 0 aliphatic carbocycles. The average molecular weight is 260 g/mol. The van der Waals surface area contributed by atoms with Crippen molar-refractivity contribution in [1.29, 1.82) is 0 Å². The molecule has 0 aliphatic heterocycles. The van der Waals surface area contributed by atoms with Gasteiger partial charge >= 0.3 is 0 Å². The van der Waals surface area contributed by atoms with E-state index in [1.165, 1.54) is 0 Å². The van der Waals surface area contributed by atoms with Gasteiger partial charge in [0.2, 0.25) is 0 Å². The van der Waals surface area contributed by atoms with E-state index in [4.69, 9.17) is 4.74 Å². The molecular formula is C14H20N4O. The van der Waals surface area contributed by atoms with Crippen LogP contribution in [0.25, 0.3) is 0 Å². The van der Waals surface area contributed by atoms with Crippen molar-refractivity contribution in [2.75, 3.05) is 14.2 Å². The van der Waals surface area contributed by atoms with Crippen molar-refractivity contribution in [2.45, 2.75) is 18.9 Å². The van der Waals surface area contributed by atoms with Crippen molar-refractivity contribution >= 4 is 0 Å². The summed E-state index contributed by atoms with van der Waals surface area (Å²) in [6.07, 6.45) is 9.22. The Morgan fingerprint density at radius 1 is 1.42 bits per heavy atom. The van der Waals surface area contributed by atoms with Crippen molar-refractivity contribution in [2.24, 2.45) is 7.05 Å². The summed E-state index contributed by atoms with van der Waals surface area (Å²) >= 11 is 0. The number of imidazole rings is 1. The Morgan fingerprint density at radius 3 is 2.89 bits per heavy atom. The third kappa shape index (κ3) is 3.12. The fraction of sp³-hybridized carbons (Fsp3) is 0.429. The molecule has 2 rings (SSSR count). The third-order valence-corrected chi connectivity index (χ3v) is 3.34. The molecule has 0 spiro atoms. The lowest BCUT2D eigenvalue weighted by molar-refractivity contribution is 0.396. The number of nitrogens with zero attached hydrogens (tertiary/aromatic N) is 3. The van der Waals surface area contributed by atoms with Gasteiger partial charge in [0.05, 0.1) is 13.3 Å². The molecule has 2 heterocycles. The van der Waals surface area contributed by atoms with Gasteiger partial charge < -0.3 is 14.6 Å². The standard InChI is InChI=1S/C14H20N4O/c1-15-12(4-5-14-17-8-9-18(14)2)11-6-7-16-10-13(11)19-3/h6-10,12,15H,4-5H2,1-3H3. The maximum Gasteiger partial charge on any atom is 0.141 e. The van der Waals surface area contributed by atoms with Gasteiger partial charge in [0.1, 0.15) is 11.6 Å². The summed E-state index contributed by atoms with van der Waals surface area (Å²) in [5, 5.41) is 3.33. The first-order valence-corrected chi connectivity index (χ1v) is 6.37. The van der Waals surface area contributed by atoms with Crippen molar-refractivity contribution in [1.82, 2.24) is 19.9 Å². The lowest BCUT2D eigenvalue weighted by Crippen LogP contribution is -2.18. The third-order valence-electron chi connectivity index (χ3n) is 3.34. The lowest BCUT2D eigenvalue weighted by Gasteiger charge is -2.18. The van der Waals surface area contributed by atoms with E-state index in [1.54, 1.807) is 19.5 Å². The second kappa shape index (κ2) is 6.33. The Kier molecular flexibility index (Phi) is 4.52. The van der Waals surface area contributed by atoms with Crippen LogP contribution in [0.2, 0.25) is 0 Å². The largest absolute Gasteiger partial charge is 0.495 e. The number of rotatable bonds is 6. The zero-order chi connectivity index (χ0) is 13.7. The SMILES string of the molecule is CNC(CCc1nccn1C)c1ccncc1OC. The molecule has 0 amide bonds. The Bertz CT molecular complexity index is 524. The molecule has 0 aromatic carbocycles. The maximum atomic E-state index is 5.37. The molecule has 0 saturated carbocycles. The molecule has 0 saturated heterocycles. The zero-order valence-corrected chi connectivity index (χ0v) is 11.6. The molecule has 0 aliphatic rings. The van der Waals surface area contributed by atoms with Gasteiger partial charge in [0.15, 0.2) is 0 Å². The Labute approximate surface area is 113 Å². The van der Waals surface area contributed by atoms with E-state index in [-0.39, 0.29) is 6.04 Å². The van der Waals surface area contributed by atoms with Crippen molar-refractivity contribution < 1.29 is 4.74 Å². The van der Waals surface area contributed by atoms with Gasteiger partial charge in [-0.25, -0.2) is 4.98 Å². The van der Waals surface area contributed by atoms with Crippen LogP contribution in [-0.2, 0) is 13.5 Å². The quantitative estimate of drug-likeness (QED) is 0.859. The molecule has 0 fully saturated rings. The van der Waals surface area contributed by atoms with Gasteiger partial charge in [-0.15, -0.1) is 0 Å². The highest BCUT2D eigenvalue weighted by atomic mass is 16.5. The normalized spacial score (nSPS) is 12.4. The molecule has 2 aromatic rings. The van der Waals surface area contributed by atoms with Crippen molar-refractivity contribution in [3.8, 4) is 5.75 Å². The van der Waals surface area contributed by atoms with E-state index in [2.05, 4.69) is 19.9 Å². The summed E-state index contributed by atoms with van der Waals surface area (Å²) in [7, 11) is 5.65. The number of hydrogen-bond acceptors (Lipinski definition) is 4. The van der Waals surface area contributed by atoms with Crippen LogP contribution in [0.1, 0.15) is 23.9 Å². The Hall–Kier alpha value is -1.88. The van der Waals surface area contributed by atoms with Crippen molar-refractivity contribution in [3.63, 3.8) is 0 Å². The maximum absolute atomic E-state index is 5.37. The second-order valence-electron chi connectivity index (χ2n) is 4.45. The van der Waals surface area contributed by atoms with Crippen LogP contribution < -0.4 is 10.1 Å². The zero-order valence-electron chi connectivity index (χ0n) is 11.6. The van der Waals surface area contributed by atoms with Crippen molar-refractivity contribution in [3.05, 3.63) is 42.2 Å². The van der Waals surface area contributed by atoms with Crippen LogP contribution in [0.15, 0.2) is 30.9 Å². The smallest absolute Gasteiger partial charge is 0.141 e. The van der Waals surface area contributed by atoms with Gasteiger partial charge in [-0.05, 0) is 19.5 Å². The summed E-state index contributed by atoms with van der Waals surface area (Å²) in [4.78, 5) is 8.44. The monoisotopic (exact) mass is 260 g/mol. The first-order chi connectivity index (χ1) is 9.26. The highest BCUT2D eigenvalue weighted by Gasteiger charge is 2.15. The van der Waals surface area contributed by atoms with Crippen LogP contribution >= 0.6 is 0 Å². The van der Waals surface area contributed by atoms with E-state index in [1.807, 2.05) is 32.6 Å². The minimum atomic E-state index is 0.231. The van der Waals surface area contributed by atoms with Crippen LogP contribution in [0, 0.1) is 0 Å². The summed E-state index contributed by atoms with van der Waals surface area (Å²) in [5.74, 6) is 1.91. The van der Waals surface area contributed by atoms with Crippen LogP contribution in [-0.4, -0.2) is 28.7 Å². The van der Waals surface area contributed by atoms with Gasteiger partial charge in [0, 0.05) is 43.7 Å². The summed E-state index contributed by atoms with van der Waals surface area (Å²) in [5.41, 5.74) is 1.13. The number of pyridine rings is 1. The van der Waals surface area contributed by atoms with Gasteiger partial charge in [-0.3, -0.25) is 4.98 Å². The van der Waals surface area contributed by atoms with Crippen LogP contribution in [0.5, 0.6) is 5.75 Å². The van der Waals surface area contributed by atoms with Gasteiger partial charge in [0.25, 0.3) is 0 Å². The summed E-state index contributed by atoms with van der Waals surface area (Å²) in [6, 6.07) is 2.23. The minimum absolute atomic E-state index is 0.231. The van der Waals surface area contributed by atoms with E-state index in [0.29, 0.717) is 0 Å². The van der Waals surface area contributed by atoms with E-state index < -0.39 is 0 Å². The molecule has 1 atom stereocenters. The predicted octanol–water partition coefficient (Wildman–Crippen LogP) is 1.72. The molecule has 2 aromatic heterocycles. The first-order valence-electron chi connectivity index (χ1n) is 6.37. The fourth-order valence-electron chi connectivity index (χ4n) is 2.22. The number of aryl methyl sites for hydroxylation is 2. The molecular weight excluding hydrogens is 240 g/mol. The molecule has 1 N–H and O–H groups in total. The molecule has 5 heteroatoms. The molecule has 102 valence electrons. The number of aromatic nitrogens is 3. The predicted molar refractivity (Wildman–Crippen MR) is 74.1 cm³/mol. The number of nitrogens with one attached hydrogen (secondary N) is 1. The summed E-state index contributed by atoms with van der Waals surface area (Å²) in [6.45, 7) is 0. The van der Waals surface area contributed by atoms with Crippen LogP contribution in [0.4, 0.5) is 0 Å². The number of methoxy groups -OCH3 is 1. The van der Waals surface area contributed by atoms with E-state index in [9.17, 15) is 0 Å². The average Bonchev–Trinajstić information content (AvgIpc) is 2.85. The van der Waals surface area contributed by atoms with Gasteiger partial charge in [-0.2, -0.15) is 0 Å². The van der Waals surface area contributed by atoms with E-state index in [0.717, 1.165) is 30.0 Å². The molecule has 0 radical (unpaired) electrons. The van der Waals surface area contributed by atoms with Gasteiger partial charge in [-0.1, -0.05) is 0 Å². The first kappa shape index (κ1) is 13.5. The summed E-state index contributed by atoms with van der Waals surface area (Å²) < 4.78 is 7.42. The second-order valence-corrected chi connectivity index (χ2v) is 4.45. The molecule has 19 heavy (non-hydrogen) atoms. The fourth-order valence-corrected chi connectivity index (χ4v) is 2.22. The molecule has 1 unspecified atom stereocenters. The lowest BCUT2D eigenvalue weighted by atomic mass is 10.0.